The fourth-order valence-electron chi connectivity index (χ4n) is 3.74. The Balaban J connectivity index is 1.24. The monoisotopic (exact) mass is 498 g/mol. The van der Waals surface area contributed by atoms with Crippen LogP contribution in [0, 0.1) is 0 Å². The molecule has 9 nitrogen and oxygen atoms in total. The number of piperazine rings is 1. The third-order valence-electron chi connectivity index (χ3n) is 5.72. The van der Waals surface area contributed by atoms with Crippen LogP contribution >= 0.6 is 0 Å². The number of carbonyl (C=O) groups excluding carboxylic acids is 2. The van der Waals surface area contributed by atoms with Gasteiger partial charge in [-0.2, -0.15) is 4.31 Å². The maximum absolute atomic E-state index is 13.1. The largest absolute Gasteiger partial charge is 0.497 e. The Morgan fingerprint density at radius 2 is 1.49 bits per heavy atom. The van der Waals surface area contributed by atoms with Gasteiger partial charge in [0, 0.05) is 26.2 Å². The molecule has 35 heavy (non-hydrogen) atoms. The van der Waals surface area contributed by atoms with Crippen LogP contribution in [0.5, 0.6) is 11.5 Å². The number of sulfonamides is 1. The van der Waals surface area contributed by atoms with Gasteiger partial charge in [0.05, 0.1) is 12.0 Å². The summed E-state index contributed by atoms with van der Waals surface area (Å²) in [4.78, 5) is 26.1. The number of rotatable bonds is 8. The van der Waals surface area contributed by atoms with Crippen molar-refractivity contribution < 1.29 is 32.2 Å². The zero-order chi connectivity index (χ0) is 24.8. The van der Waals surface area contributed by atoms with E-state index in [0.29, 0.717) is 11.5 Å². The fraction of sp³-hybridized carbons (Fsp3) is 0.280. The summed E-state index contributed by atoms with van der Waals surface area (Å²) in [5.41, 5.74) is 0. The quantitative estimate of drug-likeness (QED) is 0.439. The minimum atomic E-state index is -3.68. The van der Waals surface area contributed by atoms with Gasteiger partial charge in [0.25, 0.3) is 5.91 Å². The lowest BCUT2D eigenvalue weighted by Gasteiger charge is -2.33. The van der Waals surface area contributed by atoms with Crippen molar-refractivity contribution in [1.29, 1.82) is 0 Å². The molecule has 0 aromatic heterocycles. The van der Waals surface area contributed by atoms with Crippen molar-refractivity contribution in [3.8, 4) is 11.5 Å². The normalized spacial score (nSPS) is 14.5. The number of nitrogens with zero attached hydrogens (tertiary/aromatic N) is 2. The molecule has 1 amide bonds. The Morgan fingerprint density at radius 1 is 0.829 bits per heavy atom. The van der Waals surface area contributed by atoms with Gasteiger partial charge in [0.2, 0.25) is 10.0 Å². The van der Waals surface area contributed by atoms with E-state index in [1.54, 1.807) is 49.6 Å². The summed E-state index contributed by atoms with van der Waals surface area (Å²) in [6, 6.07) is 19.3. The van der Waals surface area contributed by atoms with Crippen molar-refractivity contribution in [1.82, 2.24) is 9.21 Å². The van der Waals surface area contributed by atoms with Crippen molar-refractivity contribution in [2.24, 2.45) is 0 Å². The molecule has 0 spiro atoms. The first-order chi connectivity index (χ1) is 16.9. The van der Waals surface area contributed by atoms with Gasteiger partial charge in [0.1, 0.15) is 11.5 Å². The predicted octanol–water partition coefficient (Wildman–Crippen LogP) is 2.30. The lowest BCUT2D eigenvalue weighted by molar-refractivity contribution is -0.154. The fourth-order valence-corrected chi connectivity index (χ4v) is 5.20. The second kappa shape index (κ2) is 10.7. The summed E-state index contributed by atoms with van der Waals surface area (Å²) in [6.45, 7) is -0.0123. The first-order valence-corrected chi connectivity index (χ1v) is 12.5. The topological polar surface area (TPSA) is 102 Å². The average Bonchev–Trinajstić information content (AvgIpc) is 2.90. The lowest BCUT2D eigenvalue weighted by atomic mass is 10.1. The van der Waals surface area contributed by atoms with Crippen molar-refractivity contribution in [3.05, 3.63) is 66.7 Å². The van der Waals surface area contributed by atoms with Crippen LogP contribution in [0.1, 0.15) is 0 Å². The molecule has 10 heteroatoms. The van der Waals surface area contributed by atoms with Gasteiger partial charge < -0.3 is 19.1 Å². The summed E-state index contributed by atoms with van der Waals surface area (Å²) >= 11 is 0. The number of hydrogen-bond donors (Lipinski definition) is 0. The number of carbonyl (C=O) groups is 2. The highest BCUT2D eigenvalue weighted by Crippen LogP contribution is 2.23. The van der Waals surface area contributed by atoms with E-state index in [2.05, 4.69) is 0 Å². The molecule has 0 saturated carbocycles. The number of esters is 1. The van der Waals surface area contributed by atoms with Crippen molar-refractivity contribution in [3.63, 3.8) is 0 Å². The number of benzene rings is 3. The van der Waals surface area contributed by atoms with Crippen LogP contribution < -0.4 is 9.47 Å². The van der Waals surface area contributed by atoms with E-state index in [-0.39, 0.29) is 43.6 Å². The summed E-state index contributed by atoms with van der Waals surface area (Å²) < 4.78 is 42.9. The molecule has 1 saturated heterocycles. The highest BCUT2D eigenvalue weighted by molar-refractivity contribution is 7.89. The van der Waals surface area contributed by atoms with Crippen LogP contribution in [-0.2, 0) is 24.3 Å². The van der Waals surface area contributed by atoms with E-state index in [9.17, 15) is 18.0 Å². The van der Waals surface area contributed by atoms with E-state index < -0.39 is 22.6 Å². The van der Waals surface area contributed by atoms with Gasteiger partial charge in [-0.3, -0.25) is 4.79 Å². The minimum absolute atomic E-state index is 0.162. The van der Waals surface area contributed by atoms with Crippen LogP contribution in [-0.4, -0.2) is 76.0 Å². The SMILES string of the molecule is COc1ccc(OCC(=O)OCC(=O)N2CCN(S(=O)(=O)c3ccc4ccccc4c3)CC2)cc1. The number of methoxy groups -OCH3 is 1. The van der Waals surface area contributed by atoms with Gasteiger partial charge in [-0.25, -0.2) is 13.2 Å². The van der Waals surface area contributed by atoms with Crippen LogP contribution in [0.15, 0.2) is 71.6 Å². The molecule has 0 aliphatic carbocycles. The van der Waals surface area contributed by atoms with E-state index in [1.165, 1.54) is 9.21 Å². The highest BCUT2D eigenvalue weighted by atomic mass is 32.2. The molecular weight excluding hydrogens is 472 g/mol. The van der Waals surface area contributed by atoms with Gasteiger partial charge >= 0.3 is 5.97 Å². The van der Waals surface area contributed by atoms with Gasteiger partial charge in [-0.1, -0.05) is 30.3 Å². The zero-order valence-electron chi connectivity index (χ0n) is 19.3. The van der Waals surface area contributed by atoms with Crippen molar-refractivity contribution in [2.75, 3.05) is 46.5 Å². The molecule has 1 fully saturated rings. The third kappa shape index (κ3) is 5.90. The minimum Gasteiger partial charge on any atom is -0.497 e. The molecule has 0 radical (unpaired) electrons. The van der Waals surface area contributed by atoms with Crippen LogP contribution in [0.3, 0.4) is 0 Å². The Hall–Kier alpha value is -3.63. The van der Waals surface area contributed by atoms with Crippen molar-refractivity contribution in [2.45, 2.75) is 4.90 Å². The third-order valence-corrected chi connectivity index (χ3v) is 7.62. The molecule has 1 aliphatic rings. The molecule has 0 bridgehead atoms. The van der Waals surface area contributed by atoms with Crippen LogP contribution in [0.2, 0.25) is 0 Å². The van der Waals surface area contributed by atoms with E-state index in [1.807, 2.05) is 24.3 Å². The van der Waals surface area contributed by atoms with Crippen LogP contribution in [0.25, 0.3) is 10.8 Å². The van der Waals surface area contributed by atoms with Gasteiger partial charge in [0.15, 0.2) is 13.2 Å². The van der Waals surface area contributed by atoms with Gasteiger partial charge in [-0.15, -0.1) is 0 Å². The first-order valence-electron chi connectivity index (χ1n) is 11.1. The molecule has 3 aromatic carbocycles. The Bertz CT molecular complexity index is 1300. The van der Waals surface area contributed by atoms with E-state index in [0.717, 1.165) is 10.8 Å². The Kier molecular flexibility index (Phi) is 7.52. The summed E-state index contributed by atoms with van der Waals surface area (Å²) in [7, 11) is -2.13. The second-order valence-electron chi connectivity index (χ2n) is 7.92. The highest BCUT2D eigenvalue weighted by Gasteiger charge is 2.30. The number of fused-ring (bicyclic) bond motifs is 1. The van der Waals surface area contributed by atoms with Crippen molar-refractivity contribution >= 4 is 32.7 Å². The summed E-state index contributed by atoms with van der Waals surface area (Å²) in [5.74, 6) is 0.0748. The number of amides is 1. The summed E-state index contributed by atoms with van der Waals surface area (Å²) in [6.07, 6.45) is 0. The zero-order valence-corrected chi connectivity index (χ0v) is 20.1. The molecule has 1 aliphatic heterocycles. The Morgan fingerprint density at radius 3 is 2.17 bits per heavy atom. The molecule has 1 heterocycles. The van der Waals surface area contributed by atoms with E-state index in [4.69, 9.17) is 14.2 Å². The molecule has 0 atom stereocenters. The molecule has 184 valence electrons. The lowest BCUT2D eigenvalue weighted by Crippen LogP contribution is -2.51. The molecule has 3 aromatic rings. The van der Waals surface area contributed by atoms with Crippen LogP contribution in [0.4, 0.5) is 0 Å². The first kappa shape index (κ1) is 24.5. The second-order valence-corrected chi connectivity index (χ2v) is 9.86. The Labute approximate surface area is 203 Å². The maximum atomic E-state index is 13.1. The molecular formula is C25H26N2O7S. The average molecular weight is 499 g/mol. The standard InChI is InChI=1S/C25H26N2O7S/c1-32-21-7-9-22(10-8-21)33-18-25(29)34-17-24(28)26-12-14-27(15-13-26)35(30,31)23-11-6-19-4-2-3-5-20(19)16-23/h2-11,16H,12-15,17-18H2,1H3. The predicted molar refractivity (Wildman–Crippen MR) is 129 cm³/mol. The smallest absolute Gasteiger partial charge is 0.344 e. The summed E-state index contributed by atoms with van der Waals surface area (Å²) in [5, 5.41) is 1.81. The molecule has 0 unspecified atom stereocenters. The maximum Gasteiger partial charge on any atom is 0.344 e. The number of hydrogen-bond acceptors (Lipinski definition) is 7. The van der Waals surface area contributed by atoms with Gasteiger partial charge in [-0.05, 0) is 47.2 Å². The number of ether oxygens (including phenoxy) is 3. The molecule has 0 N–H and O–H groups in total. The molecule has 4 rings (SSSR count). The van der Waals surface area contributed by atoms with E-state index >= 15 is 0 Å².